The highest BCUT2D eigenvalue weighted by Gasteiger charge is 2.21. The van der Waals surface area contributed by atoms with Crippen molar-refractivity contribution in [3.05, 3.63) is 25.3 Å². The van der Waals surface area contributed by atoms with Crippen molar-refractivity contribution in [3.63, 3.8) is 0 Å². The molecule has 21 heavy (non-hydrogen) atoms. The Labute approximate surface area is 134 Å². The van der Waals surface area contributed by atoms with Crippen LogP contribution in [0.15, 0.2) is 25.3 Å². The van der Waals surface area contributed by atoms with Crippen LogP contribution < -0.4 is 0 Å². The van der Waals surface area contributed by atoms with Crippen LogP contribution in [0.3, 0.4) is 0 Å². The molecular formula is C20H40N+. The molecule has 1 heteroatoms. The molecule has 0 amide bonds. The van der Waals surface area contributed by atoms with Crippen LogP contribution in [0.5, 0.6) is 0 Å². The van der Waals surface area contributed by atoms with Crippen molar-refractivity contribution in [2.45, 2.75) is 78.1 Å². The Morgan fingerprint density at radius 2 is 1.00 bits per heavy atom. The first-order valence-electron chi connectivity index (χ1n) is 9.31. The number of hydrogen-bond donors (Lipinski definition) is 0. The first kappa shape index (κ1) is 20.4. The van der Waals surface area contributed by atoms with Crippen molar-refractivity contribution in [3.8, 4) is 0 Å². The predicted molar refractivity (Wildman–Crippen MR) is 97.6 cm³/mol. The van der Waals surface area contributed by atoms with Gasteiger partial charge in [0.2, 0.25) is 0 Å². The van der Waals surface area contributed by atoms with Crippen LogP contribution in [0.25, 0.3) is 0 Å². The molecule has 0 bridgehead atoms. The Morgan fingerprint density at radius 3 is 1.33 bits per heavy atom. The minimum Gasteiger partial charge on any atom is -0.324 e. The molecule has 0 saturated heterocycles. The normalized spacial score (nSPS) is 11.5. The predicted octanol–water partition coefficient (Wildman–Crippen LogP) is 6.12. The van der Waals surface area contributed by atoms with Crippen LogP contribution in [-0.2, 0) is 0 Å². The highest BCUT2D eigenvalue weighted by Crippen LogP contribution is 2.15. The molecule has 0 spiro atoms. The Kier molecular flexibility index (Phi) is 14.0. The summed E-state index contributed by atoms with van der Waals surface area (Å²) in [4.78, 5) is 0. The SMILES string of the molecule is C=CCCCCCC[N+](CC)(CC)CCCCCCC=C. The van der Waals surface area contributed by atoms with Crippen molar-refractivity contribution >= 4 is 0 Å². The second kappa shape index (κ2) is 14.4. The molecule has 1 nitrogen and oxygen atoms in total. The summed E-state index contributed by atoms with van der Waals surface area (Å²) in [5.74, 6) is 0. The molecule has 0 aromatic rings. The molecule has 0 heterocycles. The van der Waals surface area contributed by atoms with E-state index in [0.717, 1.165) is 0 Å². The third-order valence-corrected chi connectivity index (χ3v) is 4.92. The number of rotatable bonds is 16. The monoisotopic (exact) mass is 294 g/mol. The van der Waals surface area contributed by atoms with Crippen LogP contribution in [0.4, 0.5) is 0 Å². The van der Waals surface area contributed by atoms with Gasteiger partial charge in [-0.15, -0.1) is 13.2 Å². The van der Waals surface area contributed by atoms with Gasteiger partial charge in [0.25, 0.3) is 0 Å². The third-order valence-electron chi connectivity index (χ3n) is 4.92. The Morgan fingerprint density at radius 1 is 0.619 bits per heavy atom. The summed E-state index contributed by atoms with van der Waals surface area (Å²) >= 11 is 0. The molecule has 0 N–H and O–H groups in total. The number of unbranched alkanes of at least 4 members (excludes halogenated alkanes) is 8. The van der Waals surface area contributed by atoms with Gasteiger partial charge in [-0.3, -0.25) is 0 Å². The van der Waals surface area contributed by atoms with Crippen molar-refractivity contribution in [2.24, 2.45) is 0 Å². The van der Waals surface area contributed by atoms with E-state index < -0.39 is 0 Å². The molecular weight excluding hydrogens is 254 g/mol. The summed E-state index contributed by atoms with van der Waals surface area (Å²) in [6.07, 6.45) is 17.5. The van der Waals surface area contributed by atoms with Gasteiger partial charge in [0.15, 0.2) is 0 Å². The molecule has 124 valence electrons. The van der Waals surface area contributed by atoms with E-state index in [9.17, 15) is 0 Å². The van der Waals surface area contributed by atoms with E-state index in [4.69, 9.17) is 0 Å². The van der Waals surface area contributed by atoms with Gasteiger partial charge in [-0.2, -0.15) is 0 Å². The van der Waals surface area contributed by atoms with Crippen molar-refractivity contribution in [1.29, 1.82) is 0 Å². The van der Waals surface area contributed by atoms with Gasteiger partial charge in [-0.1, -0.05) is 25.0 Å². The Bertz CT molecular complexity index is 218. The average Bonchev–Trinajstić information content (AvgIpc) is 2.52. The Hall–Kier alpha value is -0.560. The summed E-state index contributed by atoms with van der Waals surface area (Å²) < 4.78 is 1.34. The maximum absolute atomic E-state index is 3.80. The lowest BCUT2D eigenvalue weighted by Crippen LogP contribution is -2.49. The summed E-state index contributed by atoms with van der Waals surface area (Å²) in [6.45, 7) is 17.7. The second-order valence-corrected chi connectivity index (χ2v) is 6.40. The fourth-order valence-corrected chi connectivity index (χ4v) is 3.15. The van der Waals surface area contributed by atoms with Crippen LogP contribution in [0.1, 0.15) is 78.1 Å². The lowest BCUT2D eigenvalue weighted by atomic mass is 10.1. The first-order chi connectivity index (χ1) is 10.2. The largest absolute Gasteiger partial charge is 0.324 e. The third kappa shape index (κ3) is 10.8. The van der Waals surface area contributed by atoms with Crippen molar-refractivity contribution in [2.75, 3.05) is 26.2 Å². The zero-order valence-corrected chi connectivity index (χ0v) is 14.9. The molecule has 0 aliphatic carbocycles. The van der Waals surface area contributed by atoms with Crippen LogP contribution in [0, 0.1) is 0 Å². The average molecular weight is 295 g/mol. The molecule has 0 aromatic heterocycles. The molecule has 0 rings (SSSR count). The molecule has 0 unspecified atom stereocenters. The molecule has 0 aliphatic rings. The first-order valence-corrected chi connectivity index (χ1v) is 9.31. The van der Waals surface area contributed by atoms with Gasteiger partial charge in [0, 0.05) is 0 Å². The van der Waals surface area contributed by atoms with Crippen LogP contribution >= 0.6 is 0 Å². The summed E-state index contributed by atoms with van der Waals surface area (Å²) in [7, 11) is 0. The lowest BCUT2D eigenvalue weighted by Gasteiger charge is -2.37. The molecule has 0 aromatic carbocycles. The minimum atomic E-state index is 1.19. The smallest absolute Gasteiger partial charge is 0.0786 e. The highest BCUT2D eigenvalue weighted by atomic mass is 15.3. The summed E-state index contributed by atoms with van der Waals surface area (Å²) in [6, 6.07) is 0. The van der Waals surface area contributed by atoms with Gasteiger partial charge in [-0.05, 0) is 65.2 Å². The van der Waals surface area contributed by atoms with Crippen LogP contribution in [0.2, 0.25) is 0 Å². The fraction of sp³-hybridized carbons (Fsp3) is 0.800. The molecule has 0 saturated carbocycles. The number of quaternary nitrogens is 1. The number of allylic oxidation sites excluding steroid dienone is 2. The maximum Gasteiger partial charge on any atom is 0.0786 e. The van der Waals surface area contributed by atoms with E-state index in [1.54, 1.807) is 0 Å². The van der Waals surface area contributed by atoms with E-state index in [0.29, 0.717) is 0 Å². The second-order valence-electron chi connectivity index (χ2n) is 6.40. The summed E-state index contributed by atoms with van der Waals surface area (Å²) in [5.41, 5.74) is 0. The van der Waals surface area contributed by atoms with Crippen LogP contribution in [-0.4, -0.2) is 30.7 Å². The van der Waals surface area contributed by atoms with E-state index in [-0.39, 0.29) is 0 Å². The summed E-state index contributed by atoms with van der Waals surface area (Å²) in [5, 5.41) is 0. The van der Waals surface area contributed by atoms with Gasteiger partial charge < -0.3 is 4.48 Å². The van der Waals surface area contributed by atoms with E-state index in [1.165, 1.54) is 94.9 Å². The van der Waals surface area contributed by atoms with Crippen molar-refractivity contribution in [1.82, 2.24) is 0 Å². The number of hydrogen-bond acceptors (Lipinski definition) is 0. The zero-order chi connectivity index (χ0) is 15.8. The van der Waals surface area contributed by atoms with Crippen molar-refractivity contribution < 1.29 is 4.48 Å². The Balaban J connectivity index is 3.83. The van der Waals surface area contributed by atoms with Gasteiger partial charge >= 0.3 is 0 Å². The maximum atomic E-state index is 3.80. The molecule has 0 fully saturated rings. The quantitative estimate of drug-likeness (QED) is 0.183. The van der Waals surface area contributed by atoms with Gasteiger partial charge in [0.05, 0.1) is 26.2 Å². The standard InChI is InChI=1S/C20H40N/c1-5-9-11-13-15-17-19-21(7-3,8-4)20-18-16-14-12-10-6-2/h5-6H,1-2,7-20H2,3-4H3/q+1. The zero-order valence-electron chi connectivity index (χ0n) is 14.9. The molecule has 0 atom stereocenters. The molecule has 0 aliphatic heterocycles. The minimum absolute atomic E-state index is 1.19. The topological polar surface area (TPSA) is 0 Å². The fourth-order valence-electron chi connectivity index (χ4n) is 3.15. The van der Waals surface area contributed by atoms with Gasteiger partial charge in [-0.25, -0.2) is 0 Å². The lowest BCUT2D eigenvalue weighted by molar-refractivity contribution is -0.925. The van der Waals surface area contributed by atoms with E-state index >= 15 is 0 Å². The highest BCUT2D eigenvalue weighted by molar-refractivity contribution is 4.66. The van der Waals surface area contributed by atoms with Gasteiger partial charge in [0.1, 0.15) is 0 Å². The molecule has 0 radical (unpaired) electrons. The van der Waals surface area contributed by atoms with E-state index in [1.807, 2.05) is 12.2 Å². The number of nitrogens with zero attached hydrogens (tertiary/aromatic N) is 1. The van der Waals surface area contributed by atoms with E-state index in [2.05, 4.69) is 27.0 Å².